The molecular weight excluding hydrogens is 338 g/mol. The van der Waals surface area contributed by atoms with E-state index in [1.165, 1.54) is 0 Å². The van der Waals surface area contributed by atoms with Gasteiger partial charge in [0.05, 0.1) is 5.92 Å². The summed E-state index contributed by atoms with van der Waals surface area (Å²) in [6, 6.07) is 3.73. The Morgan fingerprint density at radius 3 is 2.33 bits per heavy atom. The molecule has 0 fully saturated rings. The number of nitrogens with zero attached hydrogens (tertiary/aromatic N) is 1. The van der Waals surface area contributed by atoms with Crippen molar-refractivity contribution in [3.8, 4) is 0 Å². The fourth-order valence-corrected chi connectivity index (χ4v) is 1.91. The predicted octanol–water partition coefficient (Wildman–Crippen LogP) is 4.42. The van der Waals surface area contributed by atoms with Crippen LogP contribution in [0.3, 0.4) is 0 Å². The van der Waals surface area contributed by atoms with Crippen LogP contribution in [0, 0.1) is 5.92 Å². The Kier molecular flexibility index (Phi) is 18.2. The minimum Gasteiger partial charge on any atom is -0.352 e. The fraction of sp³-hybridized carbons (Fsp3) is 0.500. The van der Waals surface area contributed by atoms with Gasteiger partial charge in [-0.05, 0) is 25.0 Å². The molecule has 152 valence electrons. The Balaban J connectivity index is 0. The lowest BCUT2D eigenvalue weighted by Crippen LogP contribution is -2.29. The number of likely N-dealkylation sites (N-methyl/N-ethyl adjacent to an activating group) is 1. The molecule has 1 aromatic rings. The Bertz CT molecular complexity index is 566. The van der Waals surface area contributed by atoms with Crippen molar-refractivity contribution in [3.63, 3.8) is 0 Å². The first-order valence-corrected chi connectivity index (χ1v) is 9.91. The van der Waals surface area contributed by atoms with Crippen LogP contribution in [-0.4, -0.2) is 23.3 Å². The molecule has 0 aliphatic carbocycles. The molecule has 0 aliphatic rings. The van der Waals surface area contributed by atoms with E-state index in [9.17, 15) is 9.59 Å². The van der Waals surface area contributed by atoms with Crippen LogP contribution in [0.2, 0.25) is 0 Å². The van der Waals surface area contributed by atoms with Crippen LogP contribution in [0.1, 0.15) is 60.5 Å². The topological polar surface area (TPSA) is 71.1 Å². The molecule has 0 bridgehead atoms. The van der Waals surface area contributed by atoms with Crippen LogP contribution in [0.5, 0.6) is 0 Å². The second kappa shape index (κ2) is 18.4. The maximum atomic E-state index is 12.2. The summed E-state index contributed by atoms with van der Waals surface area (Å²) in [4.78, 5) is 28.2. The van der Waals surface area contributed by atoms with Gasteiger partial charge in [0.2, 0.25) is 5.91 Å². The average molecular weight is 376 g/mol. The molecule has 0 aliphatic heterocycles. The summed E-state index contributed by atoms with van der Waals surface area (Å²) in [7, 11) is 0. The van der Waals surface area contributed by atoms with Crippen molar-refractivity contribution in [3.05, 3.63) is 53.9 Å². The van der Waals surface area contributed by atoms with Crippen LogP contribution >= 0.6 is 0 Å². The van der Waals surface area contributed by atoms with Gasteiger partial charge in [0.15, 0.2) is 0 Å². The maximum Gasteiger partial charge on any atom is 0.250 e. The van der Waals surface area contributed by atoms with Crippen molar-refractivity contribution in [2.75, 3.05) is 6.54 Å². The van der Waals surface area contributed by atoms with Gasteiger partial charge in [-0.15, -0.1) is 0 Å². The van der Waals surface area contributed by atoms with Crippen LogP contribution in [0.4, 0.5) is 0 Å². The summed E-state index contributed by atoms with van der Waals surface area (Å²) in [5, 5.41) is 5.61. The van der Waals surface area contributed by atoms with Crippen molar-refractivity contribution in [2.24, 2.45) is 5.92 Å². The third-order valence-electron chi connectivity index (χ3n) is 3.17. The second-order valence-electron chi connectivity index (χ2n) is 5.16. The van der Waals surface area contributed by atoms with Crippen LogP contribution < -0.4 is 10.6 Å². The Labute approximate surface area is 165 Å². The molecule has 0 aromatic carbocycles. The normalized spacial score (nSPS) is 11.4. The molecule has 1 atom stereocenters. The van der Waals surface area contributed by atoms with Gasteiger partial charge in [0.1, 0.15) is 0 Å². The highest BCUT2D eigenvalue weighted by atomic mass is 16.2. The molecule has 1 rings (SSSR count). The SMILES string of the molecule is CC.CC.CC/C=C\C(=C/C(C)C(=O)NCc1cccnc1)C(=O)NCC. The highest BCUT2D eigenvalue weighted by Gasteiger charge is 2.13. The monoisotopic (exact) mass is 375 g/mol. The summed E-state index contributed by atoms with van der Waals surface area (Å²) in [6.07, 6.45) is 9.59. The van der Waals surface area contributed by atoms with E-state index in [0.29, 0.717) is 18.7 Å². The third-order valence-corrected chi connectivity index (χ3v) is 3.17. The summed E-state index contributed by atoms with van der Waals surface area (Å²) >= 11 is 0. The van der Waals surface area contributed by atoms with Gasteiger partial charge in [-0.2, -0.15) is 0 Å². The number of allylic oxidation sites excluding steroid dienone is 1. The lowest BCUT2D eigenvalue weighted by atomic mass is 10.0. The summed E-state index contributed by atoms with van der Waals surface area (Å²) in [5.41, 5.74) is 1.45. The molecular formula is C22H37N3O2. The first kappa shape index (κ1) is 26.8. The zero-order valence-electron chi connectivity index (χ0n) is 18.0. The quantitative estimate of drug-likeness (QED) is 0.522. The zero-order chi connectivity index (χ0) is 21.1. The molecule has 2 amide bonds. The van der Waals surface area contributed by atoms with Crippen molar-refractivity contribution < 1.29 is 9.59 Å². The van der Waals surface area contributed by atoms with E-state index in [1.807, 2.05) is 59.8 Å². The standard InChI is InChI=1S/C18H25N3O2.2C2H6/c1-4-6-9-16(18(23)20-5-2)11-14(3)17(22)21-13-15-8-7-10-19-12-15;2*1-2/h6-12,14H,4-5,13H2,1-3H3,(H,20,23)(H,21,22);2*1-2H3/b9-6-,16-11+;;. The van der Waals surface area contributed by atoms with Gasteiger partial charge >= 0.3 is 0 Å². The fourth-order valence-electron chi connectivity index (χ4n) is 1.91. The van der Waals surface area contributed by atoms with Crippen molar-refractivity contribution in [1.29, 1.82) is 0 Å². The molecule has 1 heterocycles. The summed E-state index contributed by atoms with van der Waals surface area (Å²) in [5.74, 6) is -0.685. The van der Waals surface area contributed by atoms with Crippen LogP contribution in [-0.2, 0) is 16.1 Å². The largest absolute Gasteiger partial charge is 0.352 e. The Morgan fingerprint density at radius 2 is 1.81 bits per heavy atom. The molecule has 0 saturated carbocycles. The number of pyridine rings is 1. The maximum absolute atomic E-state index is 12.2. The van der Waals surface area contributed by atoms with Gasteiger partial charge < -0.3 is 10.6 Å². The number of rotatable bonds is 8. The Hall–Kier alpha value is -2.43. The third kappa shape index (κ3) is 12.5. The van der Waals surface area contributed by atoms with E-state index in [2.05, 4.69) is 15.6 Å². The number of carbonyl (C=O) groups excluding carboxylic acids is 2. The number of aromatic nitrogens is 1. The van der Waals surface area contributed by atoms with E-state index in [4.69, 9.17) is 0 Å². The van der Waals surface area contributed by atoms with Crippen molar-refractivity contribution in [2.45, 2.75) is 61.4 Å². The number of carbonyl (C=O) groups is 2. The van der Waals surface area contributed by atoms with E-state index in [1.54, 1.807) is 31.5 Å². The van der Waals surface area contributed by atoms with Crippen molar-refractivity contribution in [1.82, 2.24) is 15.6 Å². The van der Waals surface area contributed by atoms with Crippen LogP contribution in [0.15, 0.2) is 48.3 Å². The van der Waals surface area contributed by atoms with Gasteiger partial charge in [0.25, 0.3) is 5.91 Å². The van der Waals surface area contributed by atoms with E-state index in [-0.39, 0.29) is 11.8 Å². The highest BCUT2D eigenvalue weighted by Crippen LogP contribution is 2.07. The summed E-state index contributed by atoms with van der Waals surface area (Å²) < 4.78 is 0. The number of hydrogen-bond acceptors (Lipinski definition) is 3. The van der Waals surface area contributed by atoms with Gasteiger partial charge in [-0.1, -0.05) is 65.8 Å². The zero-order valence-corrected chi connectivity index (χ0v) is 18.0. The van der Waals surface area contributed by atoms with Crippen LogP contribution in [0.25, 0.3) is 0 Å². The molecule has 1 unspecified atom stereocenters. The molecule has 0 spiro atoms. The lowest BCUT2D eigenvalue weighted by molar-refractivity contribution is -0.123. The molecule has 5 nitrogen and oxygen atoms in total. The van der Waals surface area contributed by atoms with E-state index >= 15 is 0 Å². The number of nitrogens with one attached hydrogen (secondary N) is 2. The van der Waals surface area contributed by atoms with Gasteiger partial charge in [-0.3, -0.25) is 14.6 Å². The van der Waals surface area contributed by atoms with Gasteiger partial charge in [0, 0.05) is 31.1 Å². The average Bonchev–Trinajstić information content (AvgIpc) is 2.73. The lowest BCUT2D eigenvalue weighted by Gasteiger charge is -2.10. The van der Waals surface area contributed by atoms with Crippen molar-refractivity contribution >= 4 is 11.8 Å². The first-order chi connectivity index (χ1) is 13.1. The first-order valence-electron chi connectivity index (χ1n) is 9.91. The summed E-state index contributed by atoms with van der Waals surface area (Å²) in [6.45, 7) is 14.6. The van der Waals surface area contributed by atoms with Gasteiger partial charge in [-0.25, -0.2) is 0 Å². The van der Waals surface area contributed by atoms with E-state index < -0.39 is 5.92 Å². The minimum absolute atomic E-state index is 0.124. The smallest absolute Gasteiger partial charge is 0.250 e. The molecule has 2 N–H and O–H groups in total. The minimum atomic E-state index is -0.397. The molecule has 0 radical (unpaired) electrons. The Morgan fingerprint density at radius 1 is 1.15 bits per heavy atom. The highest BCUT2D eigenvalue weighted by molar-refractivity contribution is 5.97. The molecule has 5 heteroatoms. The molecule has 0 saturated heterocycles. The molecule has 27 heavy (non-hydrogen) atoms. The number of hydrogen-bond donors (Lipinski definition) is 2. The number of amides is 2. The van der Waals surface area contributed by atoms with E-state index in [0.717, 1.165) is 12.0 Å². The predicted molar refractivity (Wildman–Crippen MR) is 114 cm³/mol. The second-order valence-corrected chi connectivity index (χ2v) is 5.16. The molecule has 1 aromatic heterocycles.